The fraction of sp³-hybridized carbons (Fsp3) is 0.417. The molecule has 0 bridgehead atoms. The summed E-state index contributed by atoms with van der Waals surface area (Å²) in [6.07, 6.45) is 1.58. The summed E-state index contributed by atoms with van der Waals surface area (Å²) in [7, 11) is 1.96. The molecule has 2 aromatic heterocycles. The smallest absolute Gasteiger partial charge is 0.232 e. The molecule has 3 heterocycles. The van der Waals surface area contributed by atoms with Crippen LogP contribution in [0.15, 0.2) is 22.9 Å². The molecule has 1 N–H and O–H groups in total. The summed E-state index contributed by atoms with van der Waals surface area (Å²) < 4.78 is 5.38. The molecule has 2 atom stereocenters. The van der Waals surface area contributed by atoms with Crippen molar-refractivity contribution in [3.8, 4) is 11.5 Å². The molecule has 0 amide bonds. The van der Waals surface area contributed by atoms with E-state index in [0.29, 0.717) is 28.5 Å². The van der Waals surface area contributed by atoms with Gasteiger partial charge in [0, 0.05) is 23.7 Å². The van der Waals surface area contributed by atoms with E-state index in [0.717, 1.165) is 11.5 Å². The van der Waals surface area contributed by atoms with Crippen molar-refractivity contribution < 1.29 is 4.52 Å². The van der Waals surface area contributed by atoms with E-state index in [2.05, 4.69) is 20.4 Å². The van der Waals surface area contributed by atoms with Crippen molar-refractivity contribution in [1.82, 2.24) is 20.4 Å². The number of likely N-dealkylation sites (N-methyl/N-ethyl adjacent to an activating group) is 1. The molecule has 1 aliphatic rings. The van der Waals surface area contributed by atoms with Crippen LogP contribution in [0.4, 0.5) is 0 Å². The number of thioether (sulfide) groups is 1. The van der Waals surface area contributed by atoms with Gasteiger partial charge in [0.2, 0.25) is 11.7 Å². The highest BCUT2D eigenvalue weighted by Crippen LogP contribution is 2.32. The predicted octanol–water partition coefficient (Wildman–Crippen LogP) is 2.20. The summed E-state index contributed by atoms with van der Waals surface area (Å²) in [6, 6.07) is 3.94. The second-order valence-electron chi connectivity index (χ2n) is 4.36. The number of nitrogens with one attached hydrogen (secondary N) is 1. The van der Waals surface area contributed by atoms with Crippen molar-refractivity contribution in [1.29, 1.82) is 0 Å². The quantitative estimate of drug-likeness (QED) is 0.937. The first-order valence-electron chi connectivity index (χ1n) is 5.98. The van der Waals surface area contributed by atoms with E-state index in [1.54, 1.807) is 18.3 Å². The first kappa shape index (κ1) is 12.9. The largest absolute Gasteiger partial charge is 0.339 e. The number of hydrogen-bond donors (Lipinski definition) is 1. The van der Waals surface area contributed by atoms with Crippen LogP contribution in [0.1, 0.15) is 11.8 Å². The van der Waals surface area contributed by atoms with Crippen molar-refractivity contribution in [2.24, 2.45) is 0 Å². The molecular weight excluding hydrogens is 284 g/mol. The third kappa shape index (κ3) is 2.61. The number of aromatic nitrogens is 3. The number of hydrogen-bond acceptors (Lipinski definition) is 6. The Hall–Kier alpha value is -1.11. The van der Waals surface area contributed by atoms with Gasteiger partial charge in [0.25, 0.3) is 0 Å². The lowest BCUT2D eigenvalue weighted by Gasteiger charge is -2.13. The topological polar surface area (TPSA) is 63.8 Å². The third-order valence-electron chi connectivity index (χ3n) is 3.17. The molecule has 19 heavy (non-hydrogen) atoms. The Balaban J connectivity index is 1.85. The molecule has 1 fully saturated rings. The minimum atomic E-state index is 0.267. The zero-order valence-corrected chi connectivity index (χ0v) is 11.9. The van der Waals surface area contributed by atoms with Crippen LogP contribution in [-0.4, -0.2) is 39.7 Å². The maximum Gasteiger partial charge on any atom is 0.232 e. The Morgan fingerprint density at radius 1 is 1.42 bits per heavy atom. The van der Waals surface area contributed by atoms with Crippen molar-refractivity contribution in [3.05, 3.63) is 29.2 Å². The van der Waals surface area contributed by atoms with E-state index < -0.39 is 0 Å². The summed E-state index contributed by atoms with van der Waals surface area (Å²) in [6.45, 7) is 0. The highest BCUT2D eigenvalue weighted by molar-refractivity contribution is 7.99. The van der Waals surface area contributed by atoms with Crippen molar-refractivity contribution >= 4 is 23.4 Å². The Bertz CT molecular complexity index is 559. The lowest BCUT2D eigenvalue weighted by molar-refractivity contribution is 0.344. The second-order valence-corrected chi connectivity index (χ2v) is 5.87. The van der Waals surface area contributed by atoms with E-state index in [9.17, 15) is 0 Å². The maximum atomic E-state index is 5.81. The van der Waals surface area contributed by atoms with Crippen molar-refractivity contribution in [3.63, 3.8) is 0 Å². The van der Waals surface area contributed by atoms with Crippen LogP contribution in [0.25, 0.3) is 11.5 Å². The van der Waals surface area contributed by atoms with E-state index in [1.165, 1.54) is 0 Å². The van der Waals surface area contributed by atoms with E-state index in [1.807, 2.05) is 18.8 Å². The second kappa shape index (κ2) is 5.48. The van der Waals surface area contributed by atoms with E-state index in [4.69, 9.17) is 16.1 Å². The summed E-state index contributed by atoms with van der Waals surface area (Å²) in [4.78, 5) is 8.64. The fourth-order valence-electron chi connectivity index (χ4n) is 2.08. The molecule has 3 rings (SSSR count). The van der Waals surface area contributed by atoms with Crippen LogP contribution >= 0.6 is 23.4 Å². The zero-order chi connectivity index (χ0) is 13.2. The molecule has 100 valence electrons. The SMILES string of the molecule is CNC1CSCC1c1nc(-c2ccc(Cl)cn2)no1. The molecule has 0 spiro atoms. The summed E-state index contributed by atoms with van der Waals surface area (Å²) in [5, 5.41) is 7.88. The van der Waals surface area contributed by atoms with Crippen LogP contribution in [0.3, 0.4) is 0 Å². The molecule has 1 aliphatic heterocycles. The average molecular weight is 297 g/mol. The molecule has 2 aromatic rings. The van der Waals surface area contributed by atoms with Gasteiger partial charge >= 0.3 is 0 Å². The predicted molar refractivity (Wildman–Crippen MR) is 75.5 cm³/mol. The highest BCUT2D eigenvalue weighted by Gasteiger charge is 2.32. The van der Waals surface area contributed by atoms with Gasteiger partial charge in [-0.05, 0) is 19.2 Å². The number of nitrogens with zero attached hydrogens (tertiary/aromatic N) is 3. The van der Waals surface area contributed by atoms with Crippen LogP contribution < -0.4 is 5.32 Å². The first-order valence-corrected chi connectivity index (χ1v) is 7.51. The van der Waals surface area contributed by atoms with Gasteiger partial charge in [-0.2, -0.15) is 16.7 Å². The lowest BCUT2D eigenvalue weighted by Crippen LogP contribution is -2.31. The minimum Gasteiger partial charge on any atom is -0.339 e. The van der Waals surface area contributed by atoms with Gasteiger partial charge in [-0.25, -0.2) is 0 Å². The normalized spacial score (nSPS) is 22.8. The molecule has 0 aliphatic carbocycles. The van der Waals surface area contributed by atoms with Gasteiger partial charge in [0.1, 0.15) is 5.69 Å². The standard InChI is InChI=1S/C12H13ClN4OS/c1-14-10-6-19-5-8(10)12-16-11(17-18-12)9-3-2-7(13)4-15-9/h2-4,8,10,14H,5-6H2,1H3. The first-order chi connectivity index (χ1) is 9.28. The Morgan fingerprint density at radius 3 is 3.05 bits per heavy atom. The number of halogens is 1. The summed E-state index contributed by atoms with van der Waals surface area (Å²) in [5.41, 5.74) is 0.672. The van der Waals surface area contributed by atoms with Crippen LogP contribution in [0, 0.1) is 0 Å². The zero-order valence-electron chi connectivity index (χ0n) is 10.3. The molecule has 0 aromatic carbocycles. The molecule has 0 radical (unpaired) electrons. The molecule has 1 saturated heterocycles. The molecular formula is C12H13ClN4OS. The fourth-order valence-corrected chi connectivity index (χ4v) is 3.61. The van der Waals surface area contributed by atoms with Gasteiger partial charge in [-0.1, -0.05) is 16.8 Å². The highest BCUT2D eigenvalue weighted by atomic mass is 35.5. The van der Waals surface area contributed by atoms with Crippen LogP contribution in [-0.2, 0) is 0 Å². The average Bonchev–Trinajstić information content (AvgIpc) is 3.07. The third-order valence-corrected chi connectivity index (χ3v) is 4.58. The van der Waals surface area contributed by atoms with E-state index >= 15 is 0 Å². The van der Waals surface area contributed by atoms with E-state index in [-0.39, 0.29) is 5.92 Å². The summed E-state index contributed by atoms with van der Waals surface area (Å²) in [5.74, 6) is 3.53. The molecule has 5 nitrogen and oxygen atoms in total. The Labute approximate surface area is 120 Å². The van der Waals surface area contributed by atoms with Crippen molar-refractivity contribution in [2.75, 3.05) is 18.6 Å². The monoisotopic (exact) mass is 296 g/mol. The van der Waals surface area contributed by atoms with Crippen molar-refractivity contribution in [2.45, 2.75) is 12.0 Å². The van der Waals surface area contributed by atoms with Gasteiger partial charge in [0.05, 0.1) is 10.9 Å². The van der Waals surface area contributed by atoms with Crippen LogP contribution in [0.5, 0.6) is 0 Å². The Kier molecular flexibility index (Phi) is 3.72. The van der Waals surface area contributed by atoms with Gasteiger partial charge < -0.3 is 9.84 Å². The molecule has 0 saturated carbocycles. The molecule has 2 unspecified atom stereocenters. The summed E-state index contributed by atoms with van der Waals surface area (Å²) >= 11 is 7.70. The van der Waals surface area contributed by atoms with Gasteiger partial charge in [0.15, 0.2) is 0 Å². The number of rotatable bonds is 3. The van der Waals surface area contributed by atoms with Gasteiger partial charge in [-0.15, -0.1) is 0 Å². The van der Waals surface area contributed by atoms with Crippen LogP contribution in [0.2, 0.25) is 5.02 Å². The lowest BCUT2D eigenvalue weighted by atomic mass is 10.0. The Morgan fingerprint density at radius 2 is 2.32 bits per heavy atom. The molecule has 7 heteroatoms. The minimum absolute atomic E-state index is 0.267. The maximum absolute atomic E-state index is 5.81. The number of pyridine rings is 1. The van der Waals surface area contributed by atoms with Gasteiger partial charge in [-0.3, -0.25) is 4.98 Å².